The van der Waals surface area contributed by atoms with E-state index in [1.807, 2.05) is 25.1 Å². The van der Waals surface area contributed by atoms with E-state index >= 15 is 0 Å². The summed E-state index contributed by atoms with van der Waals surface area (Å²) in [7, 11) is 0. The second-order valence-electron chi connectivity index (χ2n) is 6.69. The highest BCUT2D eigenvalue weighted by Crippen LogP contribution is 2.67. The smallest absolute Gasteiger partial charge is 0.252 e. The van der Waals surface area contributed by atoms with Gasteiger partial charge >= 0.3 is 0 Å². The van der Waals surface area contributed by atoms with E-state index in [0.717, 1.165) is 16.6 Å². The van der Waals surface area contributed by atoms with E-state index in [4.69, 9.17) is 0 Å². The molecule has 1 fully saturated rings. The van der Waals surface area contributed by atoms with Gasteiger partial charge in [-0.05, 0) is 57.3 Å². The maximum Gasteiger partial charge on any atom is 0.252 e. The molecule has 0 heterocycles. The molecule has 1 saturated carbocycles. The van der Waals surface area contributed by atoms with Crippen LogP contribution in [0, 0.1) is 23.7 Å². The van der Waals surface area contributed by atoms with Crippen molar-refractivity contribution in [1.29, 1.82) is 0 Å². The summed E-state index contributed by atoms with van der Waals surface area (Å²) in [5, 5.41) is 3.06. The van der Waals surface area contributed by atoms with E-state index in [0.29, 0.717) is 22.3 Å². The van der Waals surface area contributed by atoms with Crippen LogP contribution in [0.25, 0.3) is 0 Å². The van der Waals surface area contributed by atoms with Gasteiger partial charge in [-0.15, -0.1) is 0 Å². The zero-order valence-corrected chi connectivity index (χ0v) is 13.9. The van der Waals surface area contributed by atoms with Crippen LogP contribution >= 0.6 is 15.9 Å². The van der Waals surface area contributed by atoms with Crippen LogP contribution in [-0.2, 0) is 0 Å². The Morgan fingerprint density at radius 2 is 1.84 bits per heavy atom. The standard InChI is InChI=1S/C16H22BrNO/c1-10-6-7-11(12(17)8-10)14(19)18-9-13-15(2,3)16(13,4)5/h6-8,13H,9H2,1-5H3,(H,18,19). The summed E-state index contributed by atoms with van der Waals surface area (Å²) in [6, 6.07) is 5.81. The van der Waals surface area contributed by atoms with Crippen LogP contribution in [0.4, 0.5) is 0 Å². The summed E-state index contributed by atoms with van der Waals surface area (Å²) >= 11 is 3.45. The van der Waals surface area contributed by atoms with Gasteiger partial charge in [-0.25, -0.2) is 0 Å². The van der Waals surface area contributed by atoms with Gasteiger partial charge in [0.05, 0.1) is 5.56 Å². The summed E-state index contributed by atoms with van der Waals surface area (Å²) in [6.45, 7) is 11.8. The van der Waals surface area contributed by atoms with E-state index in [9.17, 15) is 4.79 Å². The number of hydrogen-bond acceptors (Lipinski definition) is 1. The highest BCUT2D eigenvalue weighted by molar-refractivity contribution is 9.10. The zero-order valence-electron chi connectivity index (χ0n) is 12.3. The van der Waals surface area contributed by atoms with E-state index in [-0.39, 0.29) is 5.91 Å². The lowest BCUT2D eigenvalue weighted by atomic mass is 10.0. The van der Waals surface area contributed by atoms with Crippen LogP contribution in [0.5, 0.6) is 0 Å². The number of carbonyl (C=O) groups is 1. The molecular weight excluding hydrogens is 302 g/mol. The fraction of sp³-hybridized carbons (Fsp3) is 0.562. The SMILES string of the molecule is Cc1ccc(C(=O)NCC2C(C)(C)C2(C)C)c(Br)c1. The number of hydrogen-bond donors (Lipinski definition) is 1. The van der Waals surface area contributed by atoms with Crippen LogP contribution < -0.4 is 5.32 Å². The molecule has 0 atom stereocenters. The third-order valence-electron chi connectivity index (χ3n) is 5.16. The van der Waals surface area contributed by atoms with Gasteiger partial charge in [0.1, 0.15) is 0 Å². The van der Waals surface area contributed by atoms with E-state index < -0.39 is 0 Å². The Labute approximate surface area is 124 Å². The minimum atomic E-state index is 0.00498. The predicted octanol–water partition coefficient (Wildman–Crippen LogP) is 4.17. The molecule has 104 valence electrons. The van der Waals surface area contributed by atoms with Crippen molar-refractivity contribution in [3.05, 3.63) is 33.8 Å². The molecule has 1 N–H and O–H groups in total. The molecule has 3 heteroatoms. The zero-order chi connectivity index (χ0) is 14.4. The maximum absolute atomic E-state index is 12.2. The molecule has 2 nitrogen and oxygen atoms in total. The minimum absolute atomic E-state index is 0.00498. The second kappa shape index (κ2) is 4.62. The lowest BCUT2D eigenvalue weighted by Gasteiger charge is -2.08. The molecular formula is C16H22BrNO. The Hall–Kier alpha value is -0.830. The molecule has 1 aliphatic carbocycles. The number of amides is 1. The van der Waals surface area contributed by atoms with Gasteiger partial charge in [0.25, 0.3) is 5.91 Å². The summed E-state index contributed by atoms with van der Waals surface area (Å²) < 4.78 is 0.860. The van der Waals surface area contributed by atoms with Crippen LogP contribution in [0.3, 0.4) is 0 Å². The van der Waals surface area contributed by atoms with Crippen molar-refractivity contribution in [2.24, 2.45) is 16.7 Å². The quantitative estimate of drug-likeness (QED) is 0.888. The van der Waals surface area contributed by atoms with Crippen molar-refractivity contribution >= 4 is 21.8 Å². The molecule has 0 aliphatic heterocycles. The summed E-state index contributed by atoms with van der Waals surface area (Å²) in [5.74, 6) is 0.554. The van der Waals surface area contributed by atoms with Crippen molar-refractivity contribution in [2.75, 3.05) is 6.54 Å². The van der Waals surface area contributed by atoms with Crippen molar-refractivity contribution in [2.45, 2.75) is 34.6 Å². The number of halogens is 1. The fourth-order valence-electron chi connectivity index (χ4n) is 2.94. The van der Waals surface area contributed by atoms with Crippen LogP contribution in [0.2, 0.25) is 0 Å². The summed E-state index contributed by atoms with van der Waals surface area (Å²) in [5.41, 5.74) is 2.48. The topological polar surface area (TPSA) is 29.1 Å². The van der Waals surface area contributed by atoms with Crippen molar-refractivity contribution in [3.63, 3.8) is 0 Å². The average molecular weight is 324 g/mol. The Balaban J connectivity index is 2.00. The molecule has 0 bridgehead atoms. The Morgan fingerprint density at radius 1 is 1.26 bits per heavy atom. The molecule has 0 unspecified atom stereocenters. The monoisotopic (exact) mass is 323 g/mol. The van der Waals surface area contributed by atoms with Crippen LogP contribution in [-0.4, -0.2) is 12.5 Å². The molecule has 0 spiro atoms. The lowest BCUT2D eigenvalue weighted by Crippen LogP contribution is -2.27. The molecule has 1 aromatic carbocycles. The first-order chi connectivity index (χ1) is 8.68. The Morgan fingerprint density at radius 3 is 2.32 bits per heavy atom. The highest BCUT2D eigenvalue weighted by atomic mass is 79.9. The van der Waals surface area contributed by atoms with Crippen molar-refractivity contribution in [1.82, 2.24) is 5.32 Å². The van der Waals surface area contributed by atoms with Crippen LogP contribution in [0.15, 0.2) is 22.7 Å². The first-order valence-electron chi connectivity index (χ1n) is 6.72. The third-order valence-corrected chi connectivity index (χ3v) is 5.81. The maximum atomic E-state index is 12.2. The molecule has 2 rings (SSSR count). The molecule has 0 aromatic heterocycles. The number of rotatable bonds is 3. The molecule has 1 aliphatic rings. The molecule has 19 heavy (non-hydrogen) atoms. The number of aryl methyl sites for hydroxylation is 1. The lowest BCUT2D eigenvalue weighted by molar-refractivity contribution is 0.0949. The number of nitrogens with one attached hydrogen (secondary N) is 1. The first-order valence-corrected chi connectivity index (χ1v) is 7.51. The van der Waals surface area contributed by atoms with Gasteiger partial charge in [-0.1, -0.05) is 33.8 Å². The van der Waals surface area contributed by atoms with Gasteiger partial charge in [-0.2, -0.15) is 0 Å². The van der Waals surface area contributed by atoms with Gasteiger partial charge in [-0.3, -0.25) is 4.79 Å². The molecule has 0 saturated heterocycles. The highest BCUT2D eigenvalue weighted by Gasteiger charge is 2.64. The van der Waals surface area contributed by atoms with Crippen molar-refractivity contribution in [3.8, 4) is 0 Å². The molecule has 1 amide bonds. The Bertz CT molecular complexity index is 505. The summed E-state index contributed by atoms with van der Waals surface area (Å²) in [6.07, 6.45) is 0. The van der Waals surface area contributed by atoms with E-state index in [1.54, 1.807) is 0 Å². The Kier molecular flexibility index (Phi) is 3.54. The minimum Gasteiger partial charge on any atom is -0.352 e. The fourth-order valence-corrected chi connectivity index (χ4v) is 3.61. The van der Waals surface area contributed by atoms with Gasteiger partial charge in [0, 0.05) is 11.0 Å². The van der Waals surface area contributed by atoms with Crippen LogP contribution in [0.1, 0.15) is 43.6 Å². The average Bonchev–Trinajstić information content (AvgIpc) is 2.66. The molecule has 0 radical (unpaired) electrons. The number of benzene rings is 1. The normalized spacial score (nSPS) is 20.1. The van der Waals surface area contributed by atoms with Gasteiger partial charge < -0.3 is 5.32 Å². The predicted molar refractivity (Wildman–Crippen MR) is 82.3 cm³/mol. The second-order valence-corrected chi connectivity index (χ2v) is 7.54. The van der Waals surface area contributed by atoms with Crippen molar-refractivity contribution < 1.29 is 4.79 Å². The molecule has 1 aromatic rings. The van der Waals surface area contributed by atoms with E-state index in [2.05, 4.69) is 48.9 Å². The largest absolute Gasteiger partial charge is 0.352 e. The third kappa shape index (κ3) is 2.45. The summed E-state index contributed by atoms with van der Waals surface area (Å²) in [4.78, 5) is 12.2. The first kappa shape index (κ1) is 14.6. The van der Waals surface area contributed by atoms with Gasteiger partial charge in [0.15, 0.2) is 0 Å². The van der Waals surface area contributed by atoms with E-state index in [1.165, 1.54) is 0 Å². The van der Waals surface area contributed by atoms with Gasteiger partial charge in [0.2, 0.25) is 0 Å². The number of carbonyl (C=O) groups excluding carboxylic acids is 1.